The monoisotopic (exact) mass is 311 g/mol. The van der Waals surface area contributed by atoms with Gasteiger partial charge in [0.1, 0.15) is 0 Å². The van der Waals surface area contributed by atoms with Crippen molar-refractivity contribution in [1.29, 1.82) is 0 Å². The Hall–Kier alpha value is -1.60. The Morgan fingerprint density at radius 3 is 2.67 bits per heavy atom. The molecule has 1 aromatic rings. The van der Waals surface area contributed by atoms with Crippen LogP contribution < -0.4 is 15.4 Å². The van der Waals surface area contributed by atoms with Crippen LogP contribution in [0.5, 0.6) is 0 Å². The quantitative estimate of drug-likeness (QED) is 0.737. The van der Waals surface area contributed by atoms with Crippen molar-refractivity contribution in [3.63, 3.8) is 0 Å². The number of rotatable bonds is 6. The van der Waals surface area contributed by atoms with Crippen LogP contribution >= 0.6 is 0 Å². The average molecular weight is 311 g/mol. The van der Waals surface area contributed by atoms with E-state index in [0.29, 0.717) is 19.0 Å². The highest BCUT2D eigenvalue weighted by molar-refractivity contribution is 7.89. The van der Waals surface area contributed by atoms with Crippen LogP contribution in [0.25, 0.3) is 0 Å². The molecule has 21 heavy (non-hydrogen) atoms. The largest absolute Gasteiger partial charge is 0.338 e. The third kappa shape index (κ3) is 4.44. The summed E-state index contributed by atoms with van der Waals surface area (Å²) in [7, 11) is -2.09. The maximum atomic E-state index is 11.7. The zero-order valence-corrected chi connectivity index (χ0v) is 12.9. The van der Waals surface area contributed by atoms with E-state index in [9.17, 15) is 13.2 Å². The van der Waals surface area contributed by atoms with Crippen molar-refractivity contribution >= 4 is 16.1 Å². The van der Waals surface area contributed by atoms with E-state index in [1.54, 1.807) is 18.2 Å². The van der Waals surface area contributed by atoms with Crippen LogP contribution in [-0.2, 0) is 16.6 Å². The lowest BCUT2D eigenvalue weighted by Gasteiger charge is -2.25. The van der Waals surface area contributed by atoms with Gasteiger partial charge in [-0.05, 0) is 43.5 Å². The molecule has 2 rings (SSSR count). The number of carbonyl (C=O) groups is 1. The fourth-order valence-electron chi connectivity index (χ4n) is 2.12. The van der Waals surface area contributed by atoms with E-state index in [1.165, 1.54) is 32.4 Å². The van der Waals surface area contributed by atoms with Gasteiger partial charge in [-0.15, -0.1) is 0 Å². The van der Waals surface area contributed by atoms with E-state index in [4.69, 9.17) is 0 Å². The lowest BCUT2D eigenvalue weighted by Crippen LogP contribution is -2.39. The molecule has 0 unspecified atom stereocenters. The van der Waals surface area contributed by atoms with E-state index in [0.717, 1.165) is 5.56 Å². The van der Waals surface area contributed by atoms with Gasteiger partial charge in [0.2, 0.25) is 10.0 Å². The van der Waals surface area contributed by atoms with Crippen molar-refractivity contribution in [1.82, 2.24) is 15.4 Å². The Morgan fingerprint density at radius 1 is 1.29 bits per heavy atom. The summed E-state index contributed by atoms with van der Waals surface area (Å²) in [5.41, 5.74) is 0.741. The molecule has 0 bridgehead atoms. The van der Waals surface area contributed by atoms with Crippen molar-refractivity contribution in [2.45, 2.75) is 30.7 Å². The standard InChI is InChI=1S/C14H21N3O3S/c1-15-21(19,20)13-7-3-6-12(8-13)10-17-14(18)16-9-11-4-2-5-11/h3,6-8,11,15H,2,4-5,9-10H2,1H3,(H2,16,17,18). The summed E-state index contributed by atoms with van der Waals surface area (Å²) < 4.78 is 25.7. The third-order valence-corrected chi connectivity index (χ3v) is 5.12. The summed E-state index contributed by atoms with van der Waals surface area (Å²) in [6, 6.07) is 6.29. The average Bonchev–Trinajstić information content (AvgIpc) is 2.44. The molecular weight excluding hydrogens is 290 g/mol. The number of benzene rings is 1. The molecular formula is C14H21N3O3S. The van der Waals surface area contributed by atoms with Crippen molar-refractivity contribution in [3.05, 3.63) is 29.8 Å². The number of urea groups is 1. The number of hydrogen-bond acceptors (Lipinski definition) is 3. The van der Waals surface area contributed by atoms with Gasteiger partial charge < -0.3 is 10.6 Å². The van der Waals surface area contributed by atoms with Crippen LogP contribution in [0.15, 0.2) is 29.2 Å². The van der Waals surface area contributed by atoms with Gasteiger partial charge in [-0.2, -0.15) is 0 Å². The lowest BCUT2D eigenvalue weighted by molar-refractivity contribution is 0.232. The number of sulfonamides is 1. The highest BCUT2D eigenvalue weighted by Gasteiger charge is 2.17. The molecule has 7 heteroatoms. The number of hydrogen-bond donors (Lipinski definition) is 3. The van der Waals surface area contributed by atoms with Crippen molar-refractivity contribution in [2.75, 3.05) is 13.6 Å². The van der Waals surface area contributed by atoms with Gasteiger partial charge in [-0.25, -0.2) is 17.9 Å². The van der Waals surface area contributed by atoms with E-state index in [-0.39, 0.29) is 10.9 Å². The molecule has 6 nitrogen and oxygen atoms in total. The fraction of sp³-hybridized carbons (Fsp3) is 0.500. The minimum atomic E-state index is -3.45. The third-order valence-electron chi connectivity index (χ3n) is 3.71. The number of nitrogens with one attached hydrogen (secondary N) is 3. The molecule has 1 fully saturated rings. The van der Waals surface area contributed by atoms with Crippen LogP contribution in [0.2, 0.25) is 0 Å². The zero-order chi connectivity index (χ0) is 15.3. The predicted octanol–water partition coefficient (Wildman–Crippen LogP) is 1.19. The molecule has 0 aromatic heterocycles. The van der Waals surface area contributed by atoms with Gasteiger partial charge in [0.05, 0.1) is 4.90 Å². The Labute approximate surface area is 125 Å². The number of amides is 2. The molecule has 3 N–H and O–H groups in total. The fourth-order valence-corrected chi connectivity index (χ4v) is 2.92. The van der Waals surface area contributed by atoms with Gasteiger partial charge in [0.15, 0.2) is 0 Å². The lowest BCUT2D eigenvalue weighted by atomic mass is 9.85. The summed E-state index contributed by atoms with van der Waals surface area (Å²) in [4.78, 5) is 11.8. The molecule has 0 radical (unpaired) electrons. The van der Waals surface area contributed by atoms with E-state index in [1.807, 2.05) is 0 Å². The molecule has 0 saturated heterocycles. The molecule has 0 spiro atoms. The summed E-state index contributed by atoms with van der Waals surface area (Å²) >= 11 is 0. The Bertz CT molecular complexity index is 597. The molecule has 1 aliphatic carbocycles. The van der Waals surface area contributed by atoms with Crippen LogP contribution in [0.1, 0.15) is 24.8 Å². The summed E-state index contributed by atoms with van der Waals surface area (Å²) in [5, 5.41) is 5.56. The smallest absolute Gasteiger partial charge is 0.315 e. The van der Waals surface area contributed by atoms with Crippen LogP contribution in [0, 0.1) is 5.92 Å². The predicted molar refractivity (Wildman–Crippen MR) is 80.3 cm³/mol. The first kappa shape index (κ1) is 15.8. The highest BCUT2D eigenvalue weighted by Crippen LogP contribution is 2.25. The first-order chi connectivity index (χ1) is 10.0. The SMILES string of the molecule is CNS(=O)(=O)c1cccc(CNC(=O)NCC2CCC2)c1. The van der Waals surface area contributed by atoms with Crippen LogP contribution in [-0.4, -0.2) is 28.0 Å². The molecule has 0 aliphatic heterocycles. The van der Waals surface area contributed by atoms with Crippen molar-refractivity contribution in [2.24, 2.45) is 5.92 Å². The normalized spacial score (nSPS) is 15.3. The molecule has 0 heterocycles. The van der Waals surface area contributed by atoms with E-state index >= 15 is 0 Å². The van der Waals surface area contributed by atoms with Gasteiger partial charge in [-0.3, -0.25) is 0 Å². The Balaban J connectivity index is 1.85. The second kappa shape index (κ2) is 6.91. The van der Waals surface area contributed by atoms with Gasteiger partial charge in [0.25, 0.3) is 0 Å². The second-order valence-corrected chi connectivity index (χ2v) is 7.10. The maximum Gasteiger partial charge on any atom is 0.315 e. The van der Waals surface area contributed by atoms with E-state index < -0.39 is 10.0 Å². The minimum absolute atomic E-state index is 0.194. The topological polar surface area (TPSA) is 87.3 Å². The molecule has 116 valence electrons. The Morgan fingerprint density at radius 2 is 2.05 bits per heavy atom. The molecule has 1 aromatic carbocycles. The van der Waals surface area contributed by atoms with Crippen molar-refractivity contribution < 1.29 is 13.2 Å². The van der Waals surface area contributed by atoms with E-state index in [2.05, 4.69) is 15.4 Å². The summed E-state index contributed by atoms with van der Waals surface area (Å²) in [6.07, 6.45) is 3.62. The van der Waals surface area contributed by atoms with Crippen LogP contribution in [0.4, 0.5) is 4.79 Å². The van der Waals surface area contributed by atoms with Gasteiger partial charge in [0, 0.05) is 13.1 Å². The first-order valence-corrected chi connectivity index (χ1v) is 8.54. The second-order valence-electron chi connectivity index (χ2n) is 5.22. The summed E-state index contributed by atoms with van der Waals surface area (Å²) in [5.74, 6) is 0.611. The molecule has 1 aliphatic rings. The van der Waals surface area contributed by atoms with Crippen molar-refractivity contribution in [3.8, 4) is 0 Å². The Kier molecular flexibility index (Phi) is 5.19. The zero-order valence-electron chi connectivity index (χ0n) is 12.1. The number of carbonyl (C=O) groups excluding carboxylic acids is 1. The molecule has 0 atom stereocenters. The first-order valence-electron chi connectivity index (χ1n) is 7.05. The van der Waals surface area contributed by atoms with Gasteiger partial charge in [-0.1, -0.05) is 18.6 Å². The molecule has 1 saturated carbocycles. The maximum absolute atomic E-state index is 11.7. The van der Waals surface area contributed by atoms with Crippen LogP contribution in [0.3, 0.4) is 0 Å². The summed E-state index contributed by atoms with van der Waals surface area (Å²) in [6.45, 7) is 1.00. The minimum Gasteiger partial charge on any atom is -0.338 e. The highest BCUT2D eigenvalue weighted by atomic mass is 32.2. The van der Waals surface area contributed by atoms with Gasteiger partial charge >= 0.3 is 6.03 Å². The molecule has 2 amide bonds.